The Labute approximate surface area is 126 Å². The molecule has 2 N–H and O–H groups in total. The number of rotatable bonds is 7. The number of carboxylic acids is 1. The maximum Gasteiger partial charge on any atom is 0.303 e. The zero-order chi connectivity index (χ0) is 16.0. The van der Waals surface area contributed by atoms with E-state index in [4.69, 9.17) is 9.94 Å². The summed E-state index contributed by atoms with van der Waals surface area (Å²) in [6, 6.07) is 0. The van der Waals surface area contributed by atoms with E-state index < -0.39 is 5.97 Å². The van der Waals surface area contributed by atoms with Gasteiger partial charge in [-0.1, -0.05) is 0 Å². The van der Waals surface area contributed by atoms with Crippen LogP contribution in [0.3, 0.4) is 0 Å². The Bertz CT molecular complexity index is 360. The van der Waals surface area contributed by atoms with E-state index in [1.54, 1.807) is 7.05 Å². The number of hydrogen-bond donors (Lipinski definition) is 2. The van der Waals surface area contributed by atoms with Crippen LogP contribution in [-0.2, 0) is 9.63 Å². The van der Waals surface area contributed by atoms with Crippen LogP contribution in [0.2, 0.25) is 0 Å². The molecule has 1 aliphatic rings. The fourth-order valence-electron chi connectivity index (χ4n) is 2.32. The van der Waals surface area contributed by atoms with Crippen molar-refractivity contribution < 1.29 is 19.7 Å². The van der Waals surface area contributed by atoms with Crippen molar-refractivity contribution >= 4 is 5.97 Å². The van der Waals surface area contributed by atoms with Crippen LogP contribution >= 0.6 is 0 Å². The largest absolute Gasteiger partial charge is 0.481 e. The predicted molar refractivity (Wildman–Crippen MR) is 78.0 cm³/mol. The second-order valence-electron chi connectivity index (χ2n) is 6.75. The molecule has 0 aliphatic heterocycles. The summed E-state index contributed by atoms with van der Waals surface area (Å²) in [4.78, 5) is 28.4. The lowest BCUT2D eigenvalue weighted by atomic mass is 9.84. The molecule has 7 heteroatoms. The minimum Gasteiger partial charge on any atom is -0.481 e. The van der Waals surface area contributed by atoms with Crippen molar-refractivity contribution in [3.8, 4) is 0 Å². The van der Waals surface area contributed by atoms with Crippen LogP contribution < -0.4 is 5.59 Å². The molecule has 0 bridgehead atoms. The van der Waals surface area contributed by atoms with Crippen molar-refractivity contribution in [1.29, 1.82) is 0 Å². The van der Waals surface area contributed by atoms with Crippen molar-refractivity contribution in [2.24, 2.45) is 5.92 Å². The molecule has 0 heterocycles. The highest BCUT2D eigenvalue weighted by Gasteiger charge is 2.31. The van der Waals surface area contributed by atoms with Crippen LogP contribution in [0.15, 0.2) is 0 Å². The van der Waals surface area contributed by atoms with Gasteiger partial charge in [-0.25, -0.2) is 4.84 Å². The quantitative estimate of drug-likeness (QED) is 0.554. The maximum atomic E-state index is 11.8. The first-order chi connectivity index (χ1) is 9.70. The Balaban J connectivity index is 2.24. The van der Waals surface area contributed by atoms with E-state index in [2.05, 4.69) is 5.59 Å². The molecule has 0 aromatic rings. The molecule has 0 aromatic carbocycles. The molecule has 1 rings (SSSR count). The lowest BCUT2D eigenvalue weighted by Crippen LogP contribution is -2.50. The van der Waals surface area contributed by atoms with E-state index in [9.17, 15) is 9.70 Å². The summed E-state index contributed by atoms with van der Waals surface area (Å²) in [5.74, 6) is -0.274. The molecule has 122 valence electrons. The van der Waals surface area contributed by atoms with Gasteiger partial charge in [0.15, 0.2) is 0 Å². The van der Waals surface area contributed by atoms with Crippen LogP contribution in [-0.4, -0.2) is 39.8 Å². The Morgan fingerprint density at radius 3 is 2.38 bits per heavy atom. The first kappa shape index (κ1) is 17.7. The molecule has 0 atom stereocenters. The minimum atomic E-state index is -0.734. The first-order valence-corrected chi connectivity index (χ1v) is 7.54. The van der Waals surface area contributed by atoms with Crippen molar-refractivity contribution in [1.82, 2.24) is 10.6 Å². The Morgan fingerprint density at radius 1 is 1.33 bits per heavy atom. The van der Waals surface area contributed by atoms with Crippen molar-refractivity contribution in [3.63, 3.8) is 0 Å². The van der Waals surface area contributed by atoms with Gasteiger partial charge in [-0.2, -0.15) is 0 Å². The monoisotopic (exact) mass is 302 g/mol. The number of nitroso groups, excluding NO2 is 1. The Hall–Kier alpha value is -1.37. The van der Waals surface area contributed by atoms with Crippen molar-refractivity contribution in [2.75, 3.05) is 7.05 Å². The van der Waals surface area contributed by atoms with Gasteiger partial charge in [-0.3, -0.25) is 4.79 Å². The van der Waals surface area contributed by atoms with E-state index in [0.29, 0.717) is 10.9 Å². The second kappa shape index (κ2) is 7.59. The maximum absolute atomic E-state index is 11.8. The van der Waals surface area contributed by atoms with Gasteiger partial charge in [0.2, 0.25) is 0 Å². The molecule has 0 radical (unpaired) electrons. The molecule has 0 saturated heterocycles. The molecular formula is C14H28N3O4+. The van der Waals surface area contributed by atoms with Gasteiger partial charge in [0, 0.05) is 12.0 Å². The smallest absolute Gasteiger partial charge is 0.303 e. The zero-order valence-corrected chi connectivity index (χ0v) is 13.5. The topological polar surface area (TPSA) is 81.9 Å². The highest BCUT2D eigenvalue weighted by atomic mass is 16.7. The number of hydrogen-bond acceptors (Lipinski definition) is 3. The third-order valence-electron chi connectivity index (χ3n) is 4.10. The van der Waals surface area contributed by atoms with Crippen molar-refractivity contribution in [2.45, 2.75) is 70.9 Å². The van der Waals surface area contributed by atoms with Gasteiger partial charge in [-0.15, -0.1) is 5.01 Å². The summed E-state index contributed by atoms with van der Waals surface area (Å²) >= 11 is 0. The molecule has 0 amide bonds. The second-order valence-corrected chi connectivity index (χ2v) is 6.75. The summed E-state index contributed by atoms with van der Waals surface area (Å²) in [7, 11) is 1.70. The average molecular weight is 302 g/mol. The van der Waals surface area contributed by atoms with Gasteiger partial charge < -0.3 is 5.11 Å². The number of carbonyl (C=O) groups is 1. The fraction of sp³-hybridized carbons (Fsp3) is 0.929. The average Bonchev–Trinajstić information content (AvgIpc) is 2.41. The van der Waals surface area contributed by atoms with Gasteiger partial charge in [0.1, 0.15) is 0 Å². The SMILES string of the molecule is CN([N+](=O)NOC1CCC(CCC(=O)O)CC1)C(C)(C)C. The Morgan fingerprint density at radius 2 is 1.90 bits per heavy atom. The van der Waals surface area contributed by atoms with Gasteiger partial charge >= 0.3 is 5.97 Å². The lowest BCUT2D eigenvalue weighted by Gasteiger charge is -2.27. The van der Waals surface area contributed by atoms with Gasteiger partial charge in [0.05, 0.1) is 23.6 Å². The van der Waals surface area contributed by atoms with Gasteiger partial charge in [-0.05, 0) is 58.8 Å². The summed E-state index contributed by atoms with van der Waals surface area (Å²) in [6.07, 6.45) is 4.58. The molecule has 7 nitrogen and oxygen atoms in total. The predicted octanol–water partition coefficient (Wildman–Crippen LogP) is 2.27. The third kappa shape index (κ3) is 6.29. The van der Waals surface area contributed by atoms with E-state index in [-0.39, 0.29) is 18.1 Å². The number of aliphatic carboxylic acids is 1. The van der Waals surface area contributed by atoms with E-state index in [1.165, 1.54) is 5.01 Å². The number of nitrogens with zero attached hydrogens (tertiary/aromatic N) is 2. The highest BCUT2D eigenvalue weighted by molar-refractivity contribution is 5.66. The molecule has 21 heavy (non-hydrogen) atoms. The molecule has 0 unspecified atom stereocenters. The Kier molecular flexibility index (Phi) is 6.39. The van der Waals surface area contributed by atoms with Crippen molar-refractivity contribution in [3.05, 3.63) is 4.91 Å². The molecule has 1 aliphatic carbocycles. The zero-order valence-electron chi connectivity index (χ0n) is 13.5. The molecule has 1 fully saturated rings. The summed E-state index contributed by atoms with van der Waals surface area (Å²) < 4.78 is 0. The van der Waals surface area contributed by atoms with Crippen LogP contribution in [0, 0.1) is 10.8 Å². The molecular weight excluding hydrogens is 274 g/mol. The molecule has 1 saturated carbocycles. The minimum absolute atomic E-state index is 0.0101. The lowest BCUT2D eigenvalue weighted by molar-refractivity contribution is -0.797. The van der Waals surface area contributed by atoms with Crippen LogP contribution in [0.5, 0.6) is 0 Å². The summed E-state index contributed by atoms with van der Waals surface area (Å²) in [6.45, 7) is 5.81. The van der Waals surface area contributed by atoms with Gasteiger partial charge in [0.25, 0.3) is 4.98 Å². The summed E-state index contributed by atoms with van der Waals surface area (Å²) in [5, 5.41) is 10.2. The number of hydrazine groups is 2. The number of carboxylic acid groups (broad SMARTS) is 1. The highest BCUT2D eigenvalue weighted by Crippen LogP contribution is 2.29. The first-order valence-electron chi connectivity index (χ1n) is 7.54. The molecule has 0 spiro atoms. The fourth-order valence-corrected chi connectivity index (χ4v) is 2.32. The third-order valence-corrected chi connectivity index (χ3v) is 4.10. The van der Waals surface area contributed by atoms with Crippen LogP contribution in [0.4, 0.5) is 0 Å². The van der Waals surface area contributed by atoms with Crippen LogP contribution in [0.25, 0.3) is 0 Å². The summed E-state index contributed by atoms with van der Waals surface area (Å²) in [5.41, 5.74) is 2.15. The van der Waals surface area contributed by atoms with E-state index >= 15 is 0 Å². The normalized spacial score (nSPS) is 22.7. The van der Waals surface area contributed by atoms with E-state index in [1.807, 2.05) is 20.8 Å². The number of nitrogens with one attached hydrogen (secondary N) is 1. The molecule has 0 aromatic heterocycles. The van der Waals surface area contributed by atoms with Crippen LogP contribution in [0.1, 0.15) is 59.3 Å². The standard InChI is InChI=1S/C14H27N3O4/c1-14(2,3)16(4)17(20)15-21-12-8-5-11(6-9-12)7-10-13(18)19/h11-12H,5-10H2,1-4H3,(H-,15,18,19,20)/p+1. The van der Waals surface area contributed by atoms with E-state index in [0.717, 1.165) is 32.1 Å².